The normalized spacial score (nSPS) is 11.6. The lowest BCUT2D eigenvalue weighted by atomic mass is 10.0. The summed E-state index contributed by atoms with van der Waals surface area (Å²) in [6, 6.07) is 18.2. The van der Waals surface area contributed by atoms with Crippen molar-refractivity contribution in [2.45, 2.75) is 19.9 Å². The monoisotopic (exact) mass is 468 g/mol. The van der Waals surface area contributed by atoms with Gasteiger partial charge in [-0.1, -0.05) is 52.3 Å². The van der Waals surface area contributed by atoms with E-state index in [0.29, 0.717) is 5.69 Å². The van der Waals surface area contributed by atoms with Gasteiger partial charge in [0.25, 0.3) is 5.91 Å². The van der Waals surface area contributed by atoms with Crippen molar-refractivity contribution in [2.75, 3.05) is 11.9 Å². The van der Waals surface area contributed by atoms with E-state index >= 15 is 0 Å². The van der Waals surface area contributed by atoms with Gasteiger partial charge in [0.1, 0.15) is 0 Å². The third kappa shape index (κ3) is 5.45. The molecule has 1 atom stereocenters. The lowest BCUT2D eigenvalue weighted by molar-refractivity contribution is -0.124. The number of fused-ring (bicyclic) bond motifs is 1. The average Bonchev–Trinajstić information content (AvgIpc) is 2.71. The Hall–Kier alpha value is -3.19. The fourth-order valence-electron chi connectivity index (χ4n) is 3.03. The lowest BCUT2D eigenvalue weighted by Crippen LogP contribution is -2.31. The summed E-state index contributed by atoms with van der Waals surface area (Å²) < 4.78 is 6.16. The second-order valence-electron chi connectivity index (χ2n) is 6.84. The predicted molar refractivity (Wildman–Crippen MR) is 119 cm³/mol. The number of anilines is 1. The van der Waals surface area contributed by atoms with E-state index < -0.39 is 18.5 Å². The number of carbonyl (C=O) groups is 3. The Balaban J connectivity index is 1.69. The average molecular weight is 469 g/mol. The van der Waals surface area contributed by atoms with Gasteiger partial charge in [-0.3, -0.25) is 9.59 Å². The molecule has 0 fully saturated rings. The molecule has 0 aromatic heterocycles. The van der Waals surface area contributed by atoms with Crippen molar-refractivity contribution in [3.8, 4) is 0 Å². The Kier molecular flexibility index (Phi) is 6.84. The molecule has 154 valence electrons. The number of esters is 1. The summed E-state index contributed by atoms with van der Waals surface area (Å²) in [6.45, 7) is 2.79. The minimum atomic E-state index is -0.684. The van der Waals surface area contributed by atoms with Gasteiger partial charge in [-0.05, 0) is 47.5 Å². The van der Waals surface area contributed by atoms with Crippen LogP contribution in [-0.2, 0) is 14.3 Å². The molecule has 1 unspecified atom stereocenters. The van der Waals surface area contributed by atoms with Gasteiger partial charge in [-0.15, -0.1) is 0 Å². The number of nitrogens with one attached hydrogen (secondary N) is 2. The number of halogens is 1. The number of benzene rings is 3. The predicted octanol–water partition coefficient (Wildman–Crippen LogP) is 4.59. The maximum absolute atomic E-state index is 12.6. The zero-order valence-corrected chi connectivity index (χ0v) is 18.2. The number of hydrogen-bond donors (Lipinski definition) is 2. The summed E-state index contributed by atoms with van der Waals surface area (Å²) in [4.78, 5) is 36.4. The Morgan fingerprint density at radius 1 is 1.00 bits per heavy atom. The van der Waals surface area contributed by atoms with Crippen molar-refractivity contribution >= 4 is 50.2 Å². The van der Waals surface area contributed by atoms with Crippen LogP contribution in [0.1, 0.15) is 35.8 Å². The van der Waals surface area contributed by atoms with Crippen LogP contribution in [-0.4, -0.2) is 24.4 Å². The summed E-state index contributed by atoms with van der Waals surface area (Å²) >= 11 is 3.37. The molecule has 0 aliphatic heterocycles. The largest absolute Gasteiger partial charge is 0.452 e. The third-order valence-corrected chi connectivity index (χ3v) is 5.03. The second kappa shape index (κ2) is 9.54. The van der Waals surface area contributed by atoms with Gasteiger partial charge in [0.15, 0.2) is 6.61 Å². The Labute approximate surface area is 182 Å². The van der Waals surface area contributed by atoms with E-state index in [4.69, 9.17) is 4.74 Å². The first kappa shape index (κ1) is 21.5. The van der Waals surface area contributed by atoms with Crippen molar-refractivity contribution in [2.24, 2.45) is 0 Å². The van der Waals surface area contributed by atoms with E-state index in [-0.39, 0.29) is 17.5 Å². The van der Waals surface area contributed by atoms with Crippen molar-refractivity contribution in [3.05, 3.63) is 76.3 Å². The fraction of sp³-hybridized carbons (Fsp3) is 0.174. The molecule has 0 heterocycles. The van der Waals surface area contributed by atoms with Gasteiger partial charge in [0.05, 0.1) is 17.3 Å². The van der Waals surface area contributed by atoms with Crippen LogP contribution in [0.4, 0.5) is 5.69 Å². The summed E-state index contributed by atoms with van der Waals surface area (Å²) in [7, 11) is 0. The van der Waals surface area contributed by atoms with Gasteiger partial charge in [-0.25, -0.2) is 4.79 Å². The van der Waals surface area contributed by atoms with Gasteiger partial charge in [0.2, 0.25) is 5.91 Å². The van der Waals surface area contributed by atoms with Crippen LogP contribution in [0.25, 0.3) is 10.8 Å². The maximum Gasteiger partial charge on any atom is 0.340 e. The maximum atomic E-state index is 12.6. The van der Waals surface area contributed by atoms with Crippen LogP contribution in [0.15, 0.2) is 65.1 Å². The summed E-state index contributed by atoms with van der Waals surface area (Å²) in [5.41, 5.74) is 1.47. The molecule has 30 heavy (non-hydrogen) atoms. The molecule has 0 aliphatic rings. The van der Waals surface area contributed by atoms with Crippen molar-refractivity contribution in [1.82, 2.24) is 5.32 Å². The van der Waals surface area contributed by atoms with Crippen molar-refractivity contribution in [1.29, 1.82) is 0 Å². The van der Waals surface area contributed by atoms with Crippen LogP contribution in [0, 0.1) is 0 Å². The molecule has 7 heteroatoms. The van der Waals surface area contributed by atoms with Crippen LogP contribution in [0.5, 0.6) is 0 Å². The van der Waals surface area contributed by atoms with Gasteiger partial charge in [-0.2, -0.15) is 0 Å². The molecule has 3 aromatic rings. The summed E-state index contributed by atoms with van der Waals surface area (Å²) in [5.74, 6) is -1.41. The van der Waals surface area contributed by atoms with Crippen molar-refractivity contribution in [3.63, 3.8) is 0 Å². The number of ether oxygens (including phenoxy) is 1. The Morgan fingerprint density at radius 2 is 1.63 bits per heavy atom. The topological polar surface area (TPSA) is 84.5 Å². The van der Waals surface area contributed by atoms with E-state index in [2.05, 4.69) is 26.6 Å². The zero-order chi connectivity index (χ0) is 21.7. The second-order valence-corrected chi connectivity index (χ2v) is 7.76. The fourth-order valence-corrected chi connectivity index (χ4v) is 3.29. The molecule has 0 radical (unpaired) electrons. The molecule has 2 N–H and O–H groups in total. The smallest absolute Gasteiger partial charge is 0.340 e. The van der Waals surface area contributed by atoms with Crippen LogP contribution < -0.4 is 10.6 Å². The molecule has 3 rings (SSSR count). The SMILES string of the molecule is CC(=O)Nc1cc2ccccc2cc1C(=O)OCC(=O)NC(C)c1ccc(Br)cc1. The van der Waals surface area contributed by atoms with Gasteiger partial charge >= 0.3 is 5.97 Å². The highest BCUT2D eigenvalue weighted by Gasteiger charge is 2.18. The van der Waals surface area contributed by atoms with E-state index in [0.717, 1.165) is 20.8 Å². The molecular weight excluding hydrogens is 448 g/mol. The number of amides is 2. The van der Waals surface area contributed by atoms with Crippen LogP contribution in [0.2, 0.25) is 0 Å². The number of carbonyl (C=O) groups excluding carboxylic acids is 3. The van der Waals surface area contributed by atoms with Crippen molar-refractivity contribution < 1.29 is 19.1 Å². The molecule has 0 saturated carbocycles. The highest BCUT2D eigenvalue weighted by atomic mass is 79.9. The molecule has 2 amide bonds. The molecule has 3 aromatic carbocycles. The molecule has 6 nitrogen and oxygen atoms in total. The number of rotatable bonds is 6. The van der Waals surface area contributed by atoms with E-state index in [9.17, 15) is 14.4 Å². The van der Waals surface area contributed by atoms with Crippen LogP contribution in [0.3, 0.4) is 0 Å². The van der Waals surface area contributed by atoms with E-state index in [1.807, 2.05) is 55.5 Å². The van der Waals surface area contributed by atoms with Gasteiger partial charge in [0, 0.05) is 11.4 Å². The van der Waals surface area contributed by atoms with E-state index in [1.54, 1.807) is 12.1 Å². The highest BCUT2D eigenvalue weighted by Crippen LogP contribution is 2.25. The minimum absolute atomic E-state index is 0.192. The summed E-state index contributed by atoms with van der Waals surface area (Å²) in [5, 5.41) is 7.15. The number of hydrogen-bond acceptors (Lipinski definition) is 4. The molecule has 0 aliphatic carbocycles. The first-order chi connectivity index (χ1) is 14.3. The molecule has 0 bridgehead atoms. The molecular formula is C23H21BrN2O4. The Morgan fingerprint density at radius 3 is 2.27 bits per heavy atom. The highest BCUT2D eigenvalue weighted by molar-refractivity contribution is 9.10. The lowest BCUT2D eigenvalue weighted by Gasteiger charge is -2.15. The quantitative estimate of drug-likeness (QED) is 0.517. The third-order valence-electron chi connectivity index (χ3n) is 4.50. The first-order valence-corrected chi connectivity index (χ1v) is 10.1. The Bertz CT molecular complexity index is 1100. The standard InChI is InChI=1S/C23H21BrN2O4/c1-14(16-7-9-19(24)10-8-16)25-22(28)13-30-23(29)20-11-17-5-3-4-6-18(17)12-21(20)26-15(2)27/h3-12,14H,13H2,1-2H3,(H,25,28)(H,26,27). The minimum Gasteiger partial charge on any atom is -0.452 e. The van der Waals surface area contributed by atoms with Gasteiger partial charge < -0.3 is 15.4 Å². The zero-order valence-electron chi connectivity index (χ0n) is 16.6. The summed E-state index contributed by atoms with van der Waals surface area (Å²) in [6.07, 6.45) is 0. The van der Waals surface area contributed by atoms with E-state index in [1.165, 1.54) is 6.92 Å². The first-order valence-electron chi connectivity index (χ1n) is 9.36. The van der Waals surface area contributed by atoms with Crippen LogP contribution >= 0.6 is 15.9 Å². The molecule has 0 saturated heterocycles. The molecule has 0 spiro atoms.